The second-order valence-corrected chi connectivity index (χ2v) is 8.69. The van der Waals surface area contributed by atoms with Gasteiger partial charge in [-0.3, -0.25) is 19.9 Å². The van der Waals surface area contributed by atoms with Crippen molar-refractivity contribution in [3.05, 3.63) is 93.8 Å². The number of nitrogens with one attached hydrogen (secondary N) is 3. The van der Waals surface area contributed by atoms with Crippen molar-refractivity contribution in [1.82, 2.24) is 5.32 Å². The van der Waals surface area contributed by atoms with Crippen molar-refractivity contribution in [1.29, 1.82) is 5.41 Å². The van der Waals surface area contributed by atoms with Gasteiger partial charge in [0.2, 0.25) is 0 Å². The third-order valence-electron chi connectivity index (χ3n) is 5.67. The lowest BCUT2D eigenvalue weighted by molar-refractivity contribution is -0.138. The van der Waals surface area contributed by atoms with Crippen molar-refractivity contribution in [3.63, 3.8) is 0 Å². The number of alkyl halides is 3. The molecule has 224 valence electrons. The van der Waals surface area contributed by atoms with Crippen molar-refractivity contribution in [2.24, 2.45) is 0 Å². The fraction of sp³-hybridized carbons (Fsp3) is 0.241. The summed E-state index contributed by atoms with van der Waals surface area (Å²) in [5.74, 6) is -2.11. The minimum Gasteiger partial charge on any atom is -0.469 e. The van der Waals surface area contributed by atoms with Crippen LogP contribution < -0.4 is 15.5 Å². The quantitative estimate of drug-likeness (QED) is 0.166. The van der Waals surface area contributed by atoms with E-state index < -0.39 is 40.1 Å². The fourth-order valence-electron chi connectivity index (χ4n) is 3.72. The maximum Gasteiger partial charge on any atom is 0.417 e. The number of nitrogens with zero attached hydrogens (tertiary/aromatic N) is 1. The summed E-state index contributed by atoms with van der Waals surface area (Å²) in [5, 5.41) is 13.1. The number of carbonyl (C=O) groups is 3. The lowest BCUT2D eigenvalue weighted by atomic mass is 9.99. The number of amides is 3. The van der Waals surface area contributed by atoms with Crippen LogP contribution in [-0.2, 0) is 15.7 Å². The Morgan fingerprint density at radius 2 is 1.69 bits per heavy atom. The minimum absolute atomic E-state index is 0.0346. The van der Waals surface area contributed by atoms with Crippen LogP contribution in [0.4, 0.5) is 33.7 Å². The van der Waals surface area contributed by atoms with Gasteiger partial charge in [0.1, 0.15) is 5.82 Å². The highest BCUT2D eigenvalue weighted by atomic mass is 35.5. The molecule has 1 heterocycles. The molecule has 1 aliphatic heterocycles. The van der Waals surface area contributed by atoms with Crippen LogP contribution in [0.3, 0.4) is 0 Å². The van der Waals surface area contributed by atoms with Crippen LogP contribution in [0.2, 0.25) is 5.02 Å². The summed E-state index contributed by atoms with van der Waals surface area (Å²) in [6.45, 7) is 6.06. The summed E-state index contributed by atoms with van der Waals surface area (Å²) in [6, 6.07) is 12.3. The van der Waals surface area contributed by atoms with Crippen molar-refractivity contribution in [2.75, 3.05) is 30.4 Å². The molecule has 0 saturated carbocycles. The summed E-state index contributed by atoms with van der Waals surface area (Å²) in [6.07, 6.45) is -4.85. The Hall–Kier alpha value is -4.45. The van der Waals surface area contributed by atoms with Gasteiger partial charge in [-0.25, -0.2) is 9.18 Å². The van der Waals surface area contributed by atoms with E-state index in [1.165, 1.54) is 55.3 Å². The van der Waals surface area contributed by atoms with E-state index in [-0.39, 0.29) is 28.5 Å². The van der Waals surface area contributed by atoms with Crippen molar-refractivity contribution in [2.45, 2.75) is 26.9 Å². The minimum atomic E-state index is -4.85. The van der Waals surface area contributed by atoms with Gasteiger partial charge in [0.05, 0.1) is 34.7 Å². The monoisotopic (exact) mass is 608 g/mol. The Bertz CT molecular complexity index is 1460. The molecule has 0 atom stereocenters. The van der Waals surface area contributed by atoms with Crippen LogP contribution in [0.5, 0.6) is 0 Å². The molecule has 4 rings (SSSR count). The van der Waals surface area contributed by atoms with E-state index in [1.54, 1.807) is 0 Å². The molecule has 3 aromatic carbocycles. The van der Waals surface area contributed by atoms with Crippen LogP contribution in [-0.4, -0.2) is 43.8 Å². The van der Waals surface area contributed by atoms with E-state index in [2.05, 4.69) is 15.4 Å². The second-order valence-electron chi connectivity index (χ2n) is 8.28. The molecule has 3 aromatic rings. The molecule has 0 unspecified atom stereocenters. The van der Waals surface area contributed by atoms with Gasteiger partial charge in [-0.05, 0) is 42.5 Å². The highest BCUT2D eigenvalue weighted by molar-refractivity contribution is 6.35. The first-order valence-corrected chi connectivity index (χ1v) is 13.0. The van der Waals surface area contributed by atoms with Crippen LogP contribution in [0.25, 0.3) is 0 Å². The highest BCUT2D eigenvalue weighted by Crippen LogP contribution is 2.36. The number of hydrogen-bond donors (Lipinski definition) is 3. The Morgan fingerprint density at radius 3 is 2.24 bits per heavy atom. The number of hydrogen-bond acceptors (Lipinski definition) is 5. The number of carbonyl (C=O) groups excluding carboxylic acids is 3. The smallest absolute Gasteiger partial charge is 0.417 e. The van der Waals surface area contributed by atoms with Gasteiger partial charge in [-0.1, -0.05) is 43.6 Å². The number of benzene rings is 3. The average Bonchev–Trinajstić information content (AvgIpc) is 3.39. The third kappa shape index (κ3) is 8.29. The lowest BCUT2D eigenvalue weighted by Crippen LogP contribution is -2.28. The van der Waals surface area contributed by atoms with E-state index >= 15 is 0 Å². The summed E-state index contributed by atoms with van der Waals surface area (Å²) < 4.78 is 59.1. The SMILES string of the molecule is CC.COC(C)=O.N=C(c1ccccc1F)c1ccc(N2CCNC2=O)cc1NC(=O)c1c(Cl)cccc1C(F)(F)F. The van der Waals surface area contributed by atoms with Gasteiger partial charge in [-0.2, -0.15) is 13.2 Å². The van der Waals surface area contributed by atoms with Crippen LogP contribution >= 0.6 is 11.6 Å². The zero-order valence-electron chi connectivity index (χ0n) is 23.2. The molecule has 1 saturated heterocycles. The van der Waals surface area contributed by atoms with E-state index in [0.29, 0.717) is 18.8 Å². The second kappa shape index (κ2) is 15.0. The molecule has 1 fully saturated rings. The fourth-order valence-corrected chi connectivity index (χ4v) is 3.98. The zero-order chi connectivity index (χ0) is 31.6. The molecule has 13 heteroatoms. The predicted octanol–water partition coefficient (Wildman–Crippen LogP) is 6.90. The Balaban J connectivity index is 0.000000797. The van der Waals surface area contributed by atoms with E-state index in [4.69, 9.17) is 17.0 Å². The van der Waals surface area contributed by atoms with Gasteiger partial charge in [0, 0.05) is 36.8 Å². The maximum absolute atomic E-state index is 14.4. The van der Waals surface area contributed by atoms with Gasteiger partial charge in [0.25, 0.3) is 5.91 Å². The highest BCUT2D eigenvalue weighted by Gasteiger charge is 2.36. The molecule has 3 amide bonds. The van der Waals surface area contributed by atoms with E-state index in [1.807, 2.05) is 13.8 Å². The van der Waals surface area contributed by atoms with Crippen molar-refractivity contribution >= 4 is 46.6 Å². The number of esters is 1. The standard InChI is InChI=1S/C24H17ClF4N4O2.C3H6O2.C2H6/c25-17-6-3-5-16(24(27,28)29)20(17)22(34)32-19-12-13(33-11-10-31-23(33)35)8-9-15(19)21(30)14-4-1-2-7-18(14)26;1-3(4)5-2;1-2/h1-9,12,30H,10-11H2,(H,31,35)(H,32,34);1-2H3;1-2H3. The lowest BCUT2D eigenvalue weighted by Gasteiger charge is -2.20. The number of urea groups is 1. The largest absolute Gasteiger partial charge is 0.469 e. The Kier molecular flexibility index (Phi) is 12.0. The Morgan fingerprint density at radius 1 is 1.05 bits per heavy atom. The molecule has 8 nitrogen and oxygen atoms in total. The van der Waals surface area contributed by atoms with Crippen LogP contribution in [0.15, 0.2) is 60.7 Å². The number of ether oxygens (including phenoxy) is 1. The third-order valence-corrected chi connectivity index (χ3v) is 5.98. The van der Waals surface area contributed by atoms with Crippen LogP contribution in [0, 0.1) is 11.2 Å². The number of halogens is 5. The molecular weight excluding hydrogens is 580 g/mol. The molecule has 0 spiro atoms. The molecule has 1 aliphatic rings. The molecule has 0 aromatic heterocycles. The first kappa shape index (κ1) is 33.8. The molecule has 3 N–H and O–H groups in total. The van der Waals surface area contributed by atoms with Crippen LogP contribution in [0.1, 0.15) is 47.8 Å². The van der Waals surface area contributed by atoms with Gasteiger partial charge < -0.3 is 15.4 Å². The van der Waals surface area contributed by atoms with E-state index in [9.17, 15) is 31.9 Å². The molecule has 0 bridgehead atoms. The zero-order valence-corrected chi connectivity index (χ0v) is 23.9. The Labute approximate surface area is 245 Å². The normalized spacial score (nSPS) is 12.2. The summed E-state index contributed by atoms with van der Waals surface area (Å²) >= 11 is 5.96. The van der Waals surface area contributed by atoms with Gasteiger partial charge in [-0.15, -0.1) is 0 Å². The number of methoxy groups -OCH3 is 1. The topological polar surface area (TPSA) is 112 Å². The van der Waals surface area contributed by atoms with Gasteiger partial charge >= 0.3 is 18.2 Å². The first-order chi connectivity index (χ1) is 19.8. The van der Waals surface area contributed by atoms with Crippen molar-refractivity contribution < 1.29 is 36.7 Å². The molecular formula is C29H29ClF4N4O4. The summed E-state index contributed by atoms with van der Waals surface area (Å²) in [7, 11) is 1.35. The summed E-state index contributed by atoms with van der Waals surface area (Å²) in [5.41, 5.74) is -2.15. The molecule has 0 aliphatic carbocycles. The number of rotatable bonds is 5. The summed E-state index contributed by atoms with van der Waals surface area (Å²) in [4.78, 5) is 36.1. The van der Waals surface area contributed by atoms with Gasteiger partial charge in [0.15, 0.2) is 0 Å². The first-order valence-electron chi connectivity index (χ1n) is 12.6. The number of anilines is 2. The maximum atomic E-state index is 14.4. The average molecular weight is 609 g/mol. The molecule has 0 radical (unpaired) electrons. The van der Waals surface area contributed by atoms with E-state index in [0.717, 1.165) is 24.3 Å². The predicted molar refractivity (Wildman–Crippen MR) is 153 cm³/mol. The van der Waals surface area contributed by atoms with Crippen molar-refractivity contribution in [3.8, 4) is 0 Å². The molecule has 42 heavy (non-hydrogen) atoms.